The Kier molecular flexibility index (Phi) is 5.89. The van der Waals surface area contributed by atoms with Crippen molar-refractivity contribution >= 4 is 23.0 Å². The van der Waals surface area contributed by atoms with Crippen molar-refractivity contribution in [3.05, 3.63) is 76.3 Å². The van der Waals surface area contributed by atoms with E-state index in [0.29, 0.717) is 16.4 Å². The molecule has 0 bridgehead atoms. The van der Waals surface area contributed by atoms with Gasteiger partial charge in [0.25, 0.3) is 0 Å². The summed E-state index contributed by atoms with van der Waals surface area (Å²) in [6.45, 7) is -0.0916. The number of benzene rings is 2. The van der Waals surface area contributed by atoms with Gasteiger partial charge in [0, 0.05) is 21.2 Å². The van der Waals surface area contributed by atoms with Gasteiger partial charge in [0.2, 0.25) is 0 Å². The minimum Gasteiger partial charge on any atom is -0.388 e. The van der Waals surface area contributed by atoms with Gasteiger partial charge in [-0.15, -0.1) is 0 Å². The Balaban J connectivity index is 1.69. The van der Waals surface area contributed by atoms with Crippen LogP contribution in [0.2, 0.25) is 5.02 Å². The van der Waals surface area contributed by atoms with E-state index < -0.39 is 24.5 Å². The van der Waals surface area contributed by atoms with Gasteiger partial charge in [0.1, 0.15) is 17.9 Å². The van der Waals surface area contributed by atoms with Crippen molar-refractivity contribution < 1.29 is 14.9 Å². The quantitative estimate of drug-likeness (QED) is 0.313. The number of hydrogen-bond donors (Lipinski definition) is 3. The van der Waals surface area contributed by atoms with Crippen LogP contribution in [0.3, 0.4) is 0 Å². The van der Waals surface area contributed by atoms with Crippen molar-refractivity contribution in [2.45, 2.75) is 24.5 Å². The number of aliphatic hydroxyl groups is 2. The smallest absolute Gasteiger partial charge is 0.179 e. The van der Waals surface area contributed by atoms with Crippen molar-refractivity contribution in [2.24, 2.45) is 5.11 Å². The number of hydrogen-bond acceptors (Lipinski definition) is 6. The topological polar surface area (TPSA) is 128 Å². The van der Waals surface area contributed by atoms with Crippen LogP contribution >= 0.6 is 11.6 Å². The molecule has 0 saturated carbocycles. The summed E-state index contributed by atoms with van der Waals surface area (Å²) < 4.78 is 7.19. The molecule has 3 aromatic rings. The lowest BCUT2D eigenvalue weighted by molar-refractivity contribution is -0.0415. The summed E-state index contributed by atoms with van der Waals surface area (Å²) in [6, 6.07) is 16.8. The van der Waals surface area contributed by atoms with Crippen LogP contribution in [0.5, 0.6) is 0 Å². The van der Waals surface area contributed by atoms with E-state index in [1.807, 2.05) is 42.5 Å². The fourth-order valence-corrected chi connectivity index (χ4v) is 3.45. The van der Waals surface area contributed by atoms with Crippen LogP contribution < -0.4 is 5.32 Å². The Morgan fingerprint density at radius 2 is 1.87 bits per heavy atom. The van der Waals surface area contributed by atoms with Crippen molar-refractivity contribution in [1.29, 1.82) is 0 Å². The van der Waals surface area contributed by atoms with Gasteiger partial charge in [-0.1, -0.05) is 47.0 Å². The molecule has 1 fully saturated rings. The monoisotopic (exact) mass is 426 g/mol. The second-order valence-corrected chi connectivity index (χ2v) is 7.27. The Labute approximate surface area is 177 Å². The van der Waals surface area contributed by atoms with Gasteiger partial charge in [-0.25, -0.2) is 4.68 Å². The zero-order chi connectivity index (χ0) is 21.1. The van der Waals surface area contributed by atoms with Crippen LogP contribution in [0.4, 0.5) is 11.4 Å². The molecule has 4 atom stereocenters. The van der Waals surface area contributed by atoms with E-state index in [-0.39, 0.29) is 6.54 Å². The van der Waals surface area contributed by atoms with Crippen molar-refractivity contribution in [1.82, 2.24) is 9.78 Å². The Morgan fingerprint density at radius 1 is 1.13 bits per heavy atom. The summed E-state index contributed by atoms with van der Waals surface area (Å²) in [6.07, 6.45) is -2.49. The first-order valence-corrected chi connectivity index (χ1v) is 9.64. The molecule has 1 saturated heterocycles. The highest BCUT2D eigenvalue weighted by Gasteiger charge is 2.44. The number of nitrogens with zero attached hydrogens (tertiary/aromatic N) is 5. The van der Waals surface area contributed by atoms with Gasteiger partial charge in [-0.05, 0) is 29.8 Å². The molecule has 0 spiro atoms. The molecular formula is C20H19ClN6O3. The SMILES string of the molecule is [N-]=[N+]=NC[C@H]1O[C@@H](n2cc(Nc3ccccc3)c(-c3ccc(Cl)cc3)n2)[C@H](O)[C@@H]1O. The fourth-order valence-electron chi connectivity index (χ4n) is 3.33. The van der Waals surface area contributed by atoms with E-state index >= 15 is 0 Å². The first-order chi connectivity index (χ1) is 14.6. The van der Waals surface area contributed by atoms with E-state index in [2.05, 4.69) is 20.4 Å². The normalized spacial score (nSPS) is 23.2. The van der Waals surface area contributed by atoms with Crippen molar-refractivity contribution in [2.75, 3.05) is 11.9 Å². The first-order valence-electron chi connectivity index (χ1n) is 9.26. The fraction of sp³-hybridized carbons (Fsp3) is 0.250. The molecule has 1 aliphatic heterocycles. The van der Waals surface area contributed by atoms with Gasteiger partial charge in [0.15, 0.2) is 6.23 Å². The second kappa shape index (κ2) is 8.74. The molecule has 3 N–H and O–H groups in total. The van der Waals surface area contributed by atoms with E-state index in [4.69, 9.17) is 21.9 Å². The third-order valence-corrected chi connectivity index (χ3v) is 5.08. The van der Waals surface area contributed by atoms with Gasteiger partial charge in [0.05, 0.1) is 24.5 Å². The average molecular weight is 427 g/mol. The molecule has 30 heavy (non-hydrogen) atoms. The molecule has 1 aromatic heterocycles. The maximum atomic E-state index is 10.5. The highest BCUT2D eigenvalue weighted by molar-refractivity contribution is 6.30. The van der Waals surface area contributed by atoms with E-state index in [0.717, 1.165) is 11.3 Å². The molecule has 0 aliphatic carbocycles. The van der Waals surface area contributed by atoms with Crippen LogP contribution in [-0.4, -0.2) is 44.9 Å². The third-order valence-electron chi connectivity index (χ3n) is 4.83. The van der Waals surface area contributed by atoms with Crippen LogP contribution in [0.1, 0.15) is 6.23 Å². The predicted molar refractivity (Wildman–Crippen MR) is 112 cm³/mol. The zero-order valence-electron chi connectivity index (χ0n) is 15.7. The third kappa shape index (κ3) is 4.11. The van der Waals surface area contributed by atoms with Crippen LogP contribution in [0.15, 0.2) is 65.9 Å². The number of halogens is 1. The minimum atomic E-state index is -1.23. The average Bonchev–Trinajstić information content (AvgIpc) is 3.29. The maximum absolute atomic E-state index is 10.5. The predicted octanol–water partition coefficient (Wildman–Crippen LogP) is 3.88. The lowest BCUT2D eigenvalue weighted by Crippen LogP contribution is -2.32. The Hall–Kier alpha value is -3.07. The van der Waals surface area contributed by atoms with Crippen LogP contribution in [0.25, 0.3) is 21.7 Å². The summed E-state index contributed by atoms with van der Waals surface area (Å²) in [4.78, 5) is 2.68. The maximum Gasteiger partial charge on any atom is 0.179 e. The standard InChI is InChI=1S/C20H19ClN6O3/c21-13-8-6-12(7-9-13)17-15(24-14-4-2-1-3-5-14)11-27(25-17)20-19(29)18(28)16(30-20)10-23-26-22/h1-9,11,16,18-20,24,28-29H,10H2/t16-,18-,19-,20-/m1/s1. The van der Waals surface area contributed by atoms with Gasteiger partial charge >= 0.3 is 0 Å². The van der Waals surface area contributed by atoms with Crippen molar-refractivity contribution in [3.8, 4) is 11.3 Å². The summed E-state index contributed by atoms with van der Waals surface area (Å²) in [7, 11) is 0. The molecule has 2 aromatic carbocycles. The highest BCUT2D eigenvalue weighted by Crippen LogP contribution is 2.35. The minimum absolute atomic E-state index is 0.0916. The number of nitrogens with one attached hydrogen (secondary N) is 1. The summed E-state index contributed by atoms with van der Waals surface area (Å²) >= 11 is 6.01. The van der Waals surface area contributed by atoms with E-state index in [1.165, 1.54) is 4.68 Å². The number of rotatable bonds is 6. The number of anilines is 2. The summed E-state index contributed by atoms with van der Waals surface area (Å²) in [5.41, 5.74) is 11.5. The molecule has 10 heteroatoms. The second-order valence-electron chi connectivity index (χ2n) is 6.83. The lowest BCUT2D eigenvalue weighted by atomic mass is 10.1. The highest BCUT2D eigenvalue weighted by atomic mass is 35.5. The molecule has 154 valence electrons. The molecule has 9 nitrogen and oxygen atoms in total. The van der Waals surface area contributed by atoms with Crippen LogP contribution in [0, 0.1) is 0 Å². The molecular weight excluding hydrogens is 408 g/mol. The summed E-state index contributed by atoms with van der Waals surface area (Å²) in [5.74, 6) is 0. The zero-order valence-corrected chi connectivity index (χ0v) is 16.5. The molecule has 0 unspecified atom stereocenters. The number of azide groups is 1. The lowest BCUT2D eigenvalue weighted by Gasteiger charge is -2.14. The van der Waals surface area contributed by atoms with Gasteiger partial charge in [-0.2, -0.15) is 5.10 Å². The van der Waals surface area contributed by atoms with Gasteiger partial charge < -0.3 is 20.3 Å². The van der Waals surface area contributed by atoms with E-state index in [9.17, 15) is 10.2 Å². The molecule has 0 radical (unpaired) electrons. The largest absolute Gasteiger partial charge is 0.388 e. The summed E-state index contributed by atoms with van der Waals surface area (Å²) in [5, 5.41) is 32.7. The molecule has 4 rings (SSSR count). The molecule has 0 amide bonds. The van der Waals surface area contributed by atoms with Crippen LogP contribution in [-0.2, 0) is 4.74 Å². The Morgan fingerprint density at radius 3 is 2.57 bits per heavy atom. The Bertz CT molecular complexity index is 1050. The van der Waals surface area contributed by atoms with Gasteiger partial charge in [-0.3, -0.25) is 0 Å². The first kappa shape index (κ1) is 20.2. The number of aliphatic hydroxyl groups excluding tert-OH is 2. The number of ether oxygens (including phenoxy) is 1. The molecule has 1 aliphatic rings. The van der Waals surface area contributed by atoms with E-state index in [1.54, 1.807) is 18.3 Å². The number of aromatic nitrogens is 2. The van der Waals surface area contributed by atoms with Crippen molar-refractivity contribution in [3.63, 3.8) is 0 Å². The molecule has 2 heterocycles. The number of para-hydroxylation sites is 1.